The van der Waals surface area contributed by atoms with Crippen molar-refractivity contribution in [2.45, 2.75) is 64.7 Å². The van der Waals surface area contributed by atoms with Gasteiger partial charge in [0.2, 0.25) is 0 Å². The van der Waals surface area contributed by atoms with E-state index in [0.717, 1.165) is 29.2 Å². The number of rotatable bonds is 4. The number of hydrogen-bond acceptors (Lipinski definition) is 2. The second-order valence-electron chi connectivity index (χ2n) is 9.28. The van der Waals surface area contributed by atoms with E-state index in [0.29, 0.717) is 11.3 Å². The molecule has 2 aliphatic rings. The third kappa shape index (κ3) is 3.05. The molecule has 2 heterocycles. The number of allylic oxidation sites excluding steroid dienone is 1. The molecule has 0 aliphatic heterocycles. The smallest absolute Gasteiger partial charge is 0.156 e. The van der Waals surface area contributed by atoms with Gasteiger partial charge in [0.15, 0.2) is 5.65 Å². The van der Waals surface area contributed by atoms with Crippen molar-refractivity contribution >= 4 is 16.6 Å². The first-order chi connectivity index (χ1) is 13.7. The number of nitrogens with zero attached hydrogens (tertiary/aromatic N) is 3. The molecule has 146 valence electrons. The topological polar surface area (TPSA) is 30.2 Å². The number of aryl methyl sites for hydroxylation is 1. The van der Waals surface area contributed by atoms with Crippen LogP contribution in [0.4, 0.5) is 0 Å². The molecule has 3 heteroatoms. The molecule has 0 radical (unpaired) electrons. The maximum absolute atomic E-state index is 5.03. The first kappa shape index (κ1) is 17.9. The van der Waals surface area contributed by atoms with Crippen molar-refractivity contribution in [1.29, 1.82) is 0 Å². The van der Waals surface area contributed by atoms with Gasteiger partial charge in [0.25, 0.3) is 0 Å². The van der Waals surface area contributed by atoms with E-state index < -0.39 is 0 Å². The van der Waals surface area contributed by atoms with E-state index in [9.17, 15) is 0 Å². The van der Waals surface area contributed by atoms with E-state index in [-0.39, 0.29) is 0 Å². The lowest BCUT2D eigenvalue weighted by Gasteiger charge is -2.39. The van der Waals surface area contributed by atoms with Crippen LogP contribution in [0.1, 0.15) is 62.8 Å². The average molecular weight is 374 g/mol. The van der Waals surface area contributed by atoms with Gasteiger partial charge in [-0.25, -0.2) is 9.50 Å². The second-order valence-corrected chi connectivity index (χ2v) is 9.28. The van der Waals surface area contributed by atoms with Crippen molar-refractivity contribution in [3.05, 3.63) is 54.4 Å². The number of hydrogen-bond donors (Lipinski definition) is 0. The highest BCUT2D eigenvalue weighted by atomic mass is 15.3. The first-order valence-corrected chi connectivity index (χ1v) is 11.0. The van der Waals surface area contributed by atoms with Crippen LogP contribution in [0.3, 0.4) is 0 Å². The van der Waals surface area contributed by atoms with E-state index in [2.05, 4.69) is 48.1 Å². The van der Waals surface area contributed by atoms with Crippen LogP contribution in [0.25, 0.3) is 16.6 Å². The van der Waals surface area contributed by atoms with Crippen LogP contribution in [-0.4, -0.2) is 14.6 Å². The van der Waals surface area contributed by atoms with Crippen LogP contribution < -0.4 is 0 Å². The summed E-state index contributed by atoms with van der Waals surface area (Å²) in [5, 5.41) is 5.88. The Morgan fingerprint density at radius 2 is 1.93 bits per heavy atom. The van der Waals surface area contributed by atoms with E-state index in [1.165, 1.54) is 62.4 Å². The van der Waals surface area contributed by atoms with E-state index in [4.69, 9.17) is 4.98 Å². The summed E-state index contributed by atoms with van der Waals surface area (Å²) in [6, 6.07) is 10.7. The van der Waals surface area contributed by atoms with Crippen molar-refractivity contribution in [2.24, 2.45) is 17.3 Å². The number of benzene rings is 1. The van der Waals surface area contributed by atoms with Gasteiger partial charge >= 0.3 is 0 Å². The molecule has 1 spiro atoms. The highest BCUT2D eigenvalue weighted by Gasteiger charge is 2.38. The molecule has 1 atom stereocenters. The molecule has 2 saturated carbocycles. The van der Waals surface area contributed by atoms with Crippen molar-refractivity contribution in [2.75, 3.05) is 0 Å². The Kier molecular flexibility index (Phi) is 4.49. The van der Waals surface area contributed by atoms with Gasteiger partial charge in [-0.3, -0.25) is 0 Å². The largest absolute Gasteiger partial charge is 0.233 e. The SMILES string of the molecule is C=CC(Cc1nc2cc(C)nn2c2ccccc12)C1CCC2(CCCC2)CC1. The zero-order valence-electron chi connectivity index (χ0n) is 17.0. The lowest BCUT2D eigenvalue weighted by molar-refractivity contribution is 0.134. The fraction of sp³-hybridized carbons (Fsp3) is 0.520. The van der Waals surface area contributed by atoms with Gasteiger partial charge in [-0.2, -0.15) is 5.10 Å². The third-order valence-corrected chi connectivity index (χ3v) is 7.60. The minimum Gasteiger partial charge on any atom is -0.233 e. The molecule has 0 bridgehead atoms. The van der Waals surface area contributed by atoms with Crippen LogP contribution in [0, 0.1) is 24.2 Å². The van der Waals surface area contributed by atoms with Crippen molar-refractivity contribution in [1.82, 2.24) is 14.6 Å². The van der Waals surface area contributed by atoms with Crippen molar-refractivity contribution < 1.29 is 0 Å². The minimum absolute atomic E-state index is 0.515. The van der Waals surface area contributed by atoms with Crippen LogP contribution in [0.15, 0.2) is 43.0 Å². The molecule has 1 aromatic carbocycles. The standard InChI is InChI=1S/C25H31N3/c1-3-19(20-10-14-25(15-11-20)12-6-7-13-25)17-22-21-8-4-5-9-23(21)28-24(26-22)16-18(2)27-28/h3-5,8-9,16,19-20H,1,6-7,10-15,17H2,2H3. The molecule has 0 amide bonds. The van der Waals surface area contributed by atoms with Crippen molar-refractivity contribution in [3.8, 4) is 0 Å². The monoisotopic (exact) mass is 373 g/mol. The summed E-state index contributed by atoms with van der Waals surface area (Å²) in [4.78, 5) is 5.03. The summed E-state index contributed by atoms with van der Waals surface area (Å²) >= 11 is 0. The predicted molar refractivity (Wildman–Crippen MR) is 115 cm³/mol. The molecule has 2 aliphatic carbocycles. The summed E-state index contributed by atoms with van der Waals surface area (Å²) in [6.45, 7) is 6.26. The van der Waals surface area contributed by atoms with Gasteiger partial charge in [-0.1, -0.05) is 37.1 Å². The van der Waals surface area contributed by atoms with E-state index in [1.807, 2.05) is 11.4 Å². The summed E-state index contributed by atoms with van der Waals surface area (Å²) in [5.41, 5.74) is 5.04. The maximum atomic E-state index is 5.03. The normalized spacial score (nSPS) is 20.9. The van der Waals surface area contributed by atoms with Crippen LogP contribution >= 0.6 is 0 Å². The molecule has 28 heavy (non-hydrogen) atoms. The molecular formula is C25H31N3. The zero-order valence-corrected chi connectivity index (χ0v) is 17.0. The molecule has 3 aromatic rings. The lowest BCUT2D eigenvalue weighted by Crippen LogP contribution is -2.28. The number of para-hydroxylation sites is 1. The van der Waals surface area contributed by atoms with Crippen LogP contribution in [0.2, 0.25) is 0 Å². The zero-order chi connectivity index (χ0) is 19.1. The van der Waals surface area contributed by atoms with E-state index in [1.54, 1.807) is 0 Å². The number of aromatic nitrogens is 3. The average Bonchev–Trinajstić information content (AvgIpc) is 3.33. The van der Waals surface area contributed by atoms with Gasteiger partial charge in [0.1, 0.15) is 0 Å². The Labute approximate surface area is 167 Å². The van der Waals surface area contributed by atoms with Crippen LogP contribution in [0.5, 0.6) is 0 Å². The van der Waals surface area contributed by atoms with Gasteiger partial charge in [0.05, 0.1) is 16.9 Å². The van der Waals surface area contributed by atoms with Gasteiger partial charge in [0, 0.05) is 11.5 Å². The molecule has 1 unspecified atom stereocenters. The fourth-order valence-corrected chi connectivity index (χ4v) is 5.97. The maximum Gasteiger partial charge on any atom is 0.156 e. The third-order valence-electron chi connectivity index (χ3n) is 7.60. The second kappa shape index (κ2) is 7.02. The van der Waals surface area contributed by atoms with Gasteiger partial charge in [-0.05, 0) is 75.2 Å². The highest BCUT2D eigenvalue weighted by molar-refractivity contribution is 5.83. The summed E-state index contributed by atoms with van der Waals surface area (Å²) in [6.07, 6.45) is 14.6. The highest BCUT2D eigenvalue weighted by Crippen LogP contribution is 2.51. The molecular weight excluding hydrogens is 342 g/mol. The summed E-state index contributed by atoms with van der Waals surface area (Å²) < 4.78 is 1.99. The Balaban J connectivity index is 1.44. The molecule has 3 nitrogen and oxygen atoms in total. The quantitative estimate of drug-likeness (QED) is 0.503. The van der Waals surface area contributed by atoms with Crippen molar-refractivity contribution in [3.63, 3.8) is 0 Å². The minimum atomic E-state index is 0.515. The molecule has 5 rings (SSSR count). The first-order valence-electron chi connectivity index (χ1n) is 11.0. The van der Waals surface area contributed by atoms with Crippen LogP contribution in [-0.2, 0) is 6.42 Å². The Morgan fingerprint density at radius 1 is 1.18 bits per heavy atom. The Hall–Kier alpha value is -2.16. The summed E-state index contributed by atoms with van der Waals surface area (Å²) in [7, 11) is 0. The number of fused-ring (bicyclic) bond motifs is 3. The molecule has 0 saturated heterocycles. The van der Waals surface area contributed by atoms with E-state index >= 15 is 0 Å². The Morgan fingerprint density at radius 3 is 2.68 bits per heavy atom. The molecule has 0 N–H and O–H groups in total. The fourth-order valence-electron chi connectivity index (χ4n) is 5.97. The van der Waals surface area contributed by atoms with Gasteiger partial charge in [-0.15, -0.1) is 6.58 Å². The molecule has 2 aromatic heterocycles. The summed E-state index contributed by atoms with van der Waals surface area (Å²) in [5.74, 6) is 1.27. The predicted octanol–water partition coefficient (Wildman–Crippen LogP) is 6.29. The molecule has 2 fully saturated rings. The van der Waals surface area contributed by atoms with Gasteiger partial charge < -0.3 is 0 Å². The lowest BCUT2D eigenvalue weighted by atomic mass is 9.66. The Bertz CT molecular complexity index is 999.